The molecule has 0 atom stereocenters. The van der Waals surface area contributed by atoms with Gasteiger partial charge in [0.15, 0.2) is 5.69 Å². The summed E-state index contributed by atoms with van der Waals surface area (Å²) < 4.78 is 3.73. The van der Waals surface area contributed by atoms with E-state index in [1.165, 1.54) is 0 Å². The Balaban J connectivity index is 1.37. The molecule has 0 spiro atoms. The van der Waals surface area contributed by atoms with E-state index in [9.17, 15) is 9.59 Å². The summed E-state index contributed by atoms with van der Waals surface area (Å²) in [5.74, 6) is -0.259. The largest absolute Gasteiger partial charge is 0.337 e. The molecule has 0 radical (unpaired) electrons. The normalized spacial score (nSPS) is 14.6. The van der Waals surface area contributed by atoms with Crippen molar-refractivity contribution >= 4 is 40.6 Å². The minimum atomic E-state index is -0.123. The van der Waals surface area contributed by atoms with Crippen molar-refractivity contribution in [2.45, 2.75) is 12.8 Å². The van der Waals surface area contributed by atoms with Gasteiger partial charge in [0.05, 0.1) is 0 Å². The van der Waals surface area contributed by atoms with E-state index in [2.05, 4.69) is 14.9 Å². The standard InChI is InChI=1S/C21H19ClN4O2S/c22-17-5-1-3-15(11-17)16-4-2-6-18(12-16)23-20(27)14-7-9-26(10-8-14)21(28)19-13-29-25-24-19/h1-6,11-14H,7-10H2,(H,23,27). The van der Waals surface area contributed by atoms with Crippen LogP contribution in [-0.2, 0) is 4.79 Å². The third-order valence-electron chi connectivity index (χ3n) is 5.02. The van der Waals surface area contributed by atoms with Crippen LogP contribution in [0.4, 0.5) is 5.69 Å². The van der Waals surface area contributed by atoms with Gasteiger partial charge in [-0.15, -0.1) is 5.10 Å². The zero-order valence-corrected chi connectivity index (χ0v) is 17.1. The minimum Gasteiger partial charge on any atom is -0.337 e. The molecule has 0 aliphatic carbocycles. The predicted molar refractivity (Wildman–Crippen MR) is 114 cm³/mol. The molecule has 1 aliphatic heterocycles. The molecule has 0 saturated carbocycles. The summed E-state index contributed by atoms with van der Waals surface area (Å²) in [6.45, 7) is 1.08. The highest BCUT2D eigenvalue weighted by molar-refractivity contribution is 7.03. The van der Waals surface area contributed by atoms with Crippen LogP contribution in [0, 0.1) is 5.92 Å². The van der Waals surface area contributed by atoms with Gasteiger partial charge in [0.1, 0.15) is 0 Å². The van der Waals surface area contributed by atoms with Crippen LogP contribution in [0.2, 0.25) is 5.02 Å². The molecule has 1 aliphatic rings. The Morgan fingerprint density at radius 2 is 1.79 bits per heavy atom. The average Bonchev–Trinajstić information content (AvgIpc) is 3.28. The number of piperidine rings is 1. The van der Waals surface area contributed by atoms with Gasteiger partial charge < -0.3 is 10.2 Å². The Bertz CT molecular complexity index is 1020. The highest BCUT2D eigenvalue weighted by Crippen LogP contribution is 2.26. The number of carbonyl (C=O) groups is 2. The zero-order valence-electron chi connectivity index (χ0n) is 15.5. The van der Waals surface area contributed by atoms with Crippen molar-refractivity contribution in [3.05, 3.63) is 64.6 Å². The van der Waals surface area contributed by atoms with Gasteiger partial charge in [-0.25, -0.2) is 0 Å². The molecule has 0 unspecified atom stereocenters. The van der Waals surface area contributed by atoms with Gasteiger partial charge in [0.2, 0.25) is 5.91 Å². The molecular weight excluding hydrogens is 408 g/mol. The molecular formula is C21H19ClN4O2S. The minimum absolute atomic E-state index is 0.0179. The summed E-state index contributed by atoms with van der Waals surface area (Å²) in [5, 5.41) is 9.16. The SMILES string of the molecule is O=C(Nc1cccc(-c2cccc(Cl)c2)c1)C1CCN(C(=O)c2csnn2)CC1. The van der Waals surface area contributed by atoms with Crippen LogP contribution in [-0.4, -0.2) is 39.4 Å². The van der Waals surface area contributed by atoms with E-state index in [-0.39, 0.29) is 17.7 Å². The molecule has 6 nitrogen and oxygen atoms in total. The van der Waals surface area contributed by atoms with Gasteiger partial charge >= 0.3 is 0 Å². The Morgan fingerprint density at radius 1 is 1.07 bits per heavy atom. The Kier molecular flexibility index (Phi) is 5.87. The van der Waals surface area contributed by atoms with Crippen LogP contribution in [0.5, 0.6) is 0 Å². The van der Waals surface area contributed by atoms with Gasteiger partial charge in [-0.1, -0.05) is 40.4 Å². The molecule has 2 amide bonds. The lowest BCUT2D eigenvalue weighted by atomic mass is 9.95. The van der Waals surface area contributed by atoms with Crippen molar-refractivity contribution in [1.29, 1.82) is 0 Å². The molecule has 1 N–H and O–H groups in total. The number of carbonyl (C=O) groups excluding carboxylic acids is 2. The van der Waals surface area contributed by atoms with E-state index in [1.54, 1.807) is 10.3 Å². The first kappa shape index (κ1) is 19.5. The van der Waals surface area contributed by atoms with E-state index < -0.39 is 0 Å². The number of nitrogens with zero attached hydrogens (tertiary/aromatic N) is 3. The summed E-state index contributed by atoms with van der Waals surface area (Å²) in [6, 6.07) is 15.3. The predicted octanol–water partition coefficient (Wildman–Crippen LogP) is 4.35. The fourth-order valence-corrected chi connectivity index (χ4v) is 4.07. The van der Waals surface area contributed by atoms with Gasteiger partial charge in [0, 0.05) is 35.1 Å². The third-order valence-corrected chi connectivity index (χ3v) is 5.76. The van der Waals surface area contributed by atoms with Crippen molar-refractivity contribution < 1.29 is 9.59 Å². The molecule has 148 valence electrons. The zero-order chi connectivity index (χ0) is 20.2. The number of hydrogen-bond acceptors (Lipinski definition) is 5. The molecule has 2 heterocycles. The van der Waals surface area contributed by atoms with Crippen LogP contribution in [0.3, 0.4) is 0 Å². The molecule has 3 aromatic rings. The molecule has 1 fully saturated rings. The lowest BCUT2D eigenvalue weighted by Gasteiger charge is -2.30. The Hall–Kier alpha value is -2.77. The van der Waals surface area contributed by atoms with Crippen molar-refractivity contribution in [1.82, 2.24) is 14.5 Å². The number of hydrogen-bond donors (Lipinski definition) is 1. The quantitative estimate of drug-likeness (QED) is 0.673. The van der Waals surface area contributed by atoms with Crippen molar-refractivity contribution in [2.24, 2.45) is 5.92 Å². The van der Waals surface area contributed by atoms with E-state index in [4.69, 9.17) is 11.6 Å². The number of halogens is 1. The van der Waals surface area contributed by atoms with Crippen LogP contribution in [0.1, 0.15) is 23.3 Å². The van der Waals surface area contributed by atoms with Crippen molar-refractivity contribution in [3.63, 3.8) is 0 Å². The van der Waals surface area contributed by atoms with Crippen LogP contribution in [0.15, 0.2) is 53.9 Å². The highest BCUT2D eigenvalue weighted by Gasteiger charge is 2.28. The summed E-state index contributed by atoms with van der Waals surface area (Å²) in [5.41, 5.74) is 3.11. The smallest absolute Gasteiger partial charge is 0.275 e. The topological polar surface area (TPSA) is 75.2 Å². The van der Waals surface area contributed by atoms with Gasteiger partial charge in [-0.2, -0.15) is 0 Å². The molecule has 8 heteroatoms. The molecule has 0 bridgehead atoms. The molecule has 1 aromatic heterocycles. The van der Waals surface area contributed by atoms with E-state index in [0.29, 0.717) is 36.6 Å². The lowest BCUT2D eigenvalue weighted by Crippen LogP contribution is -2.41. The van der Waals surface area contributed by atoms with Gasteiger partial charge in [0.25, 0.3) is 5.91 Å². The number of aromatic nitrogens is 2. The second kappa shape index (κ2) is 8.71. The Morgan fingerprint density at radius 3 is 2.48 bits per heavy atom. The van der Waals surface area contributed by atoms with E-state index >= 15 is 0 Å². The number of anilines is 1. The molecule has 4 rings (SSSR count). The fourth-order valence-electron chi connectivity index (χ4n) is 3.45. The Labute approximate surface area is 177 Å². The highest BCUT2D eigenvalue weighted by atomic mass is 35.5. The molecule has 29 heavy (non-hydrogen) atoms. The van der Waals surface area contributed by atoms with E-state index in [0.717, 1.165) is 28.3 Å². The van der Waals surface area contributed by atoms with Crippen LogP contribution < -0.4 is 5.32 Å². The van der Waals surface area contributed by atoms with E-state index in [1.807, 2.05) is 48.5 Å². The maximum Gasteiger partial charge on any atom is 0.275 e. The van der Waals surface area contributed by atoms with Gasteiger partial charge in [-0.3, -0.25) is 9.59 Å². The van der Waals surface area contributed by atoms with Crippen LogP contribution >= 0.6 is 23.1 Å². The molecule has 2 aromatic carbocycles. The average molecular weight is 427 g/mol. The second-order valence-corrected chi connectivity index (χ2v) is 7.98. The third kappa shape index (κ3) is 4.63. The first-order valence-corrected chi connectivity index (χ1v) is 10.5. The maximum atomic E-state index is 12.7. The number of benzene rings is 2. The number of nitrogens with one attached hydrogen (secondary N) is 1. The number of likely N-dealkylation sites (tertiary alicyclic amines) is 1. The summed E-state index contributed by atoms with van der Waals surface area (Å²) >= 11 is 7.24. The first-order chi connectivity index (χ1) is 14.1. The maximum absolute atomic E-state index is 12.7. The van der Waals surface area contributed by atoms with Crippen molar-refractivity contribution in [3.8, 4) is 11.1 Å². The lowest BCUT2D eigenvalue weighted by molar-refractivity contribution is -0.121. The summed E-state index contributed by atoms with van der Waals surface area (Å²) in [4.78, 5) is 26.8. The second-order valence-electron chi connectivity index (χ2n) is 6.94. The molecule has 1 saturated heterocycles. The number of rotatable bonds is 4. The fraction of sp³-hybridized carbons (Fsp3) is 0.238. The monoisotopic (exact) mass is 426 g/mol. The summed E-state index contributed by atoms with van der Waals surface area (Å²) in [7, 11) is 0. The van der Waals surface area contributed by atoms with Crippen molar-refractivity contribution in [2.75, 3.05) is 18.4 Å². The van der Waals surface area contributed by atoms with Crippen LogP contribution in [0.25, 0.3) is 11.1 Å². The first-order valence-electron chi connectivity index (χ1n) is 9.33. The summed E-state index contributed by atoms with van der Waals surface area (Å²) in [6.07, 6.45) is 1.26. The van der Waals surface area contributed by atoms with Gasteiger partial charge in [-0.05, 0) is 59.8 Å². The number of amides is 2.